The number of carbonyl (C=O) groups is 1. The number of hydrogen-bond acceptors (Lipinski definition) is 4. The van der Waals surface area contributed by atoms with E-state index in [1.165, 1.54) is 11.8 Å². The Kier molecular flexibility index (Phi) is 2.46. The van der Waals surface area contributed by atoms with Crippen molar-refractivity contribution in [2.75, 3.05) is 0 Å². The molecule has 0 aliphatic carbocycles. The van der Waals surface area contributed by atoms with Gasteiger partial charge in [-0.2, -0.15) is 4.99 Å². The van der Waals surface area contributed by atoms with Crippen LogP contribution in [0.5, 0.6) is 0 Å². The van der Waals surface area contributed by atoms with Gasteiger partial charge in [-0.25, -0.2) is 4.99 Å². The molecule has 80 valence electrons. The minimum atomic E-state index is -0.342. The Morgan fingerprint density at radius 3 is 3.00 bits per heavy atom. The Hall–Kier alpha value is -0.910. The molecule has 6 heteroatoms. The number of thioether (sulfide) groups is 1. The first-order valence-corrected chi connectivity index (χ1v) is 6.66. The lowest BCUT2D eigenvalue weighted by Gasteiger charge is -2.13. The SMILES string of the molecule is O=C1N=C(Cl)N=C2SC=C(c3cccs3)C12. The first-order valence-electron chi connectivity index (χ1n) is 4.53. The maximum Gasteiger partial charge on any atom is 0.262 e. The van der Waals surface area contributed by atoms with Gasteiger partial charge in [0.15, 0.2) is 0 Å². The Morgan fingerprint density at radius 2 is 2.25 bits per heavy atom. The van der Waals surface area contributed by atoms with Crippen LogP contribution in [0, 0.1) is 5.92 Å². The van der Waals surface area contributed by atoms with Crippen LogP contribution in [-0.2, 0) is 4.79 Å². The minimum absolute atomic E-state index is 0.0320. The van der Waals surface area contributed by atoms with E-state index >= 15 is 0 Å². The first-order chi connectivity index (χ1) is 7.75. The van der Waals surface area contributed by atoms with Crippen molar-refractivity contribution in [3.05, 3.63) is 27.8 Å². The fourth-order valence-electron chi connectivity index (χ4n) is 1.64. The maximum absolute atomic E-state index is 11.8. The molecule has 3 rings (SSSR count). The summed E-state index contributed by atoms with van der Waals surface area (Å²) in [6.07, 6.45) is 0. The van der Waals surface area contributed by atoms with Gasteiger partial charge in [0.1, 0.15) is 5.92 Å². The minimum Gasteiger partial charge on any atom is -0.271 e. The second kappa shape index (κ2) is 3.84. The summed E-state index contributed by atoms with van der Waals surface area (Å²) in [5.74, 6) is -0.564. The van der Waals surface area contributed by atoms with Gasteiger partial charge in [0.2, 0.25) is 5.29 Å². The average molecular weight is 269 g/mol. The van der Waals surface area contributed by atoms with Gasteiger partial charge in [0, 0.05) is 4.88 Å². The molecule has 1 aromatic rings. The van der Waals surface area contributed by atoms with Crippen molar-refractivity contribution in [3.63, 3.8) is 0 Å². The number of rotatable bonds is 1. The lowest BCUT2D eigenvalue weighted by atomic mass is 9.99. The molecule has 0 N–H and O–H groups in total. The van der Waals surface area contributed by atoms with Crippen LogP contribution in [-0.4, -0.2) is 16.2 Å². The standard InChI is InChI=1S/C10H5ClN2OS2/c11-10-12-8(14)7-5(4-16-9(7)13-10)6-2-1-3-15-6/h1-4,7H. The number of hydrogen-bond donors (Lipinski definition) is 0. The molecule has 1 amide bonds. The molecule has 0 saturated heterocycles. The summed E-state index contributed by atoms with van der Waals surface area (Å²) in [4.78, 5) is 20.6. The molecule has 1 unspecified atom stereocenters. The van der Waals surface area contributed by atoms with E-state index < -0.39 is 0 Å². The van der Waals surface area contributed by atoms with Gasteiger partial charge >= 0.3 is 0 Å². The highest BCUT2D eigenvalue weighted by Gasteiger charge is 2.36. The second-order valence-electron chi connectivity index (χ2n) is 3.27. The van der Waals surface area contributed by atoms with E-state index in [-0.39, 0.29) is 17.1 Å². The molecule has 3 heterocycles. The smallest absolute Gasteiger partial charge is 0.262 e. The summed E-state index contributed by atoms with van der Waals surface area (Å²) in [6, 6.07) is 3.96. The van der Waals surface area contributed by atoms with Gasteiger partial charge in [0.25, 0.3) is 5.91 Å². The van der Waals surface area contributed by atoms with Crippen LogP contribution in [0.2, 0.25) is 0 Å². The van der Waals surface area contributed by atoms with Crippen LogP contribution >= 0.6 is 34.7 Å². The number of amides is 1. The molecule has 0 saturated carbocycles. The molecule has 0 radical (unpaired) electrons. The molecule has 1 aromatic heterocycles. The third kappa shape index (κ3) is 1.55. The van der Waals surface area contributed by atoms with Gasteiger partial charge in [0.05, 0.1) is 5.04 Å². The Bertz CT molecular complexity index is 545. The zero-order valence-corrected chi connectivity index (χ0v) is 10.3. The van der Waals surface area contributed by atoms with Crippen molar-refractivity contribution < 1.29 is 4.79 Å². The second-order valence-corrected chi connectivity index (χ2v) is 5.45. The van der Waals surface area contributed by atoms with E-state index in [1.807, 2.05) is 22.9 Å². The summed E-state index contributed by atoms with van der Waals surface area (Å²) in [5.41, 5.74) is 0.983. The predicted molar refractivity (Wildman–Crippen MR) is 69.1 cm³/mol. The molecular weight excluding hydrogens is 264 g/mol. The van der Waals surface area contributed by atoms with Crippen LogP contribution in [0.4, 0.5) is 0 Å². The molecule has 2 aliphatic heterocycles. The third-order valence-electron chi connectivity index (χ3n) is 2.32. The Morgan fingerprint density at radius 1 is 1.38 bits per heavy atom. The van der Waals surface area contributed by atoms with E-state index in [0.29, 0.717) is 0 Å². The number of amidine groups is 1. The fraction of sp³-hybridized carbons (Fsp3) is 0.100. The zero-order valence-electron chi connectivity index (χ0n) is 7.88. The molecule has 0 spiro atoms. The quantitative estimate of drug-likeness (QED) is 0.735. The van der Waals surface area contributed by atoms with Crippen molar-refractivity contribution in [1.82, 2.24) is 0 Å². The number of carbonyl (C=O) groups excluding carboxylic acids is 1. The number of fused-ring (bicyclic) bond motifs is 1. The number of aliphatic imine (C=N–C) groups is 2. The monoisotopic (exact) mass is 268 g/mol. The van der Waals surface area contributed by atoms with Crippen LogP contribution in [0.15, 0.2) is 32.9 Å². The molecule has 0 bridgehead atoms. The van der Waals surface area contributed by atoms with Gasteiger partial charge in [-0.05, 0) is 34.0 Å². The lowest BCUT2D eigenvalue weighted by molar-refractivity contribution is -0.118. The summed E-state index contributed by atoms with van der Waals surface area (Å²) in [6.45, 7) is 0. The Labute approximate surface area is 105 Å². The maximum atomic E-state index is 11.8. The lowest BCUT2D eigenvalue weighted by Crippen LogP contribution is -2.23. The molecule has 1 atom stereocenters. The van der Waals surface area contributed by atoms with Crippen LogP contribution < -0.4 is 0 Å². The van der Waals surface area contributed by atoms with Crippen molar-refractivity contribution in [1.29, 1.82) is 0 Å². The van der Waals surface area contributed by atoms with Gasteiger partial charge < -0.3 is 0 Å². The molecule has 0 fully saturated rings. The largest absolute Gasteiger partial charge is 0.271 e. The molecule has 3 nitrogen and oxygen atoms in total. The third-order valence-corrected chi connectivity index (χ3v) is 4.35. The first kappa shape index (κ1) is 10.3. The normalized spacial score (nSPS) is 23.7. The van der Waals surface area contributed by atoms with E-state index in [2.05, 4.69) is 9.98 Å². The fourth-order valence-corrected chi connectivity index (χ4v) is 3.72. The van der Waals surface area contributed by atoms with Crippen LogP contribution in [0.25, 0.3) is 5.57 Å². The molecule has 0 aromatic carbocycles. The highest BCUT2D eigenvalue weighted by molar-refractivity contribution is 8.17. The molecule has 16 heavy (non-hydrogen) atoms. The topological polar surface area (TPSA) is 41.8 Å². The van der Waals surface area contributed by atoms with Crippen molar-refractivity contribution in [2.45, 2.75) is 0 Å². The van der Waals surface area contributed by atoms with E-state index in [1.54, 1.807) is 11.3 Å². The highest BCUT2D eigenvalue weighted by Crippen LogP contribution is 2.41. The number of nitrogens with zero attached hydrogens (tertiary/aromatic N) is 2. The van der Waals surface area contributed by atoms with Crippen molar-refractivity contribution in [3.8, 4) is 0 Å². The summed E-state index contributed by atoms with van der Waals surface area (Å²) < 4.78 is 0. The van der Waals surface area contributed by atoms with Gasteiger partial charge in [-0.1, -0.05) is 17.8 Å². The van der Waals surface area contributed by atoms with Crippen molar-refractivity contribution >= 4 is 56.5 Å². The van der Waals surface area contributed by atoms with Crippen molar-refractivity contribution in [2.24, 2.45) is 15.9 Å². The number of thiophene rings is 1. The predicted octanol–water partition coefficient (Wildman–Crippen LogP) is 2.99. The van der Waals surface area contributed by atoms with E-state index in [0.717, 1.165) is 15.5 Å². The van der Waals surface area contributed by atoms with E-state index in [9.17, 15) is 4.79 Å². The average Bonchev–Trinajstić information content (AvgIpc) is 2.82. The number of halogens is 1. The summed E-state index contributed by atoms with van der Waals surface area (Å²) in [5, 5.41) is 4.70. The summed E-state index contributed by atoms with van der Waals surface area (Å²) >= 11 is 8.72. The van der Waals surface area contributed by atoms with E-state index in [4.69, 9.17) is 11.6 Å². The zero-order chi connectivity index (χ0) is 11.1. The van der Waals surface area contributed by atoms with Gasteiger partial charge in [-0.3, -0.25) is 4.79 Å². The van der Waals surface area contributed by atoms with Crippen LogP contribution in [0.3, 0.4) is 0 Å². The molecular formula is C10H5ClN2OS2. The highest BCUT2D eigenvalue weighted by atomic mass is 35.5. The summed E-state index contributed by atoms with van der Waals surface area (Å²) in [7, 11) is 0. The molecule has 2 aliphatic rings. The van der Waals surface area contributed by atoms with Crippen LogP contribution in [0.1, 0.15) is 4.88 Å². The van der Waals surface area contributed by atoms with Gasteiger partial charge in [-0.15, -0.1) is 11.3 Å². The Balaban J connectivity index is 2.03.